The van der Waals surface area contributed by atoms with Crippen LogP contribution in [0.25, 0.3) is 0 Å². The van der Waals surface area contributed by atoms with Crippen molar-refractivity contribution in [2.24, 2.45) is 0 Å². The molecule has 0 heterocycles. The third kappa shape index (κ3) is 3.27. The number of benzene rings is 2. The predicted octanol–water partition coefficient (Wildman–Crippen LogP) is 4.18. The molecule has 20 heavy (non-hydrogen) atoms. The molecule has 0 spiro atoms. The van der Waals surface area contributed by atoms with Crippen LogP contribution in [0.2, 0.25) is 0 Å². The lowest BCUT2D eigenvalue weighted by atomic mass is 10.0. The maximum absolute atomic E-state index is 12.3. The van der Waals surface area contributed by atoms with E-state index < -0.39 is 0 Å². The molecule has 0 radical (unpaired) electrons. The predicted molar refractivity (Wildman–Crippen MR) is 82.9 cm³/mol. The van der Waals surface area contributed by atoms with Crippen molar-refractivity contribution in [3.05, 3.63) is 70.8 Å². The van der Waals surface area contributed by atoms with Gasteiger partial charge in [0.1, 0.15) is 0 Å². The van der Waals surface area contributed by atoms with Gasteiger partial charge < -0.3 is 5.32 Å². The summed E-state index contributed by atoms with van der Waals surface area (Å²) in [4.78, 5) is 12.3. The molecule has 2 rings (SSSR count). The highest BCUT2D eigenvalue weighted by atomic mass is 16.1. The molecule has 1 amide bonds. The second kappa shape index (κ2) is 6.38. The van der Waals surface area contributed by atoms with Crippen LogP contribution in [0.3, 0.4) is 0 Å². The van der Waals surface area contributed by atoms with Gasteiger partial charge in [-0.15, -0.1) is 0 Å². The minimum Gasteiger partial charge on any atom is -0.345 e. The first-order valence-corrected chi connectivity index (χ1v) is 7.05. The normalized spacial score (nSPS) is 11.9. The van der Waals surface area contributed by atoms with Crippen molar-refractivity contribution in [3.8, 4) is 0 Å². The Labute approximate surface area is 120 Å². The molecule has 0 aliphatic rings. The molecule has 1 N–H and O–H groups in total. The standard InChI is InChI=1S/C18H21NO/c1-4-17(15-8-6-5-7-9-15)19-18(20)16-11-10-13(2)14(3)12-16/h5-12,17H,4H2,1-3H3,(H,19,20)/t17-/m1/s1. The van der Waals surface area contributed by atoms with Gasteiger partial charge in [-0.3, -0.25) is 4.79 Å². The zero-order valence-corrected chi connectivity index (χ0v) is 12.3. The van der Waals surface area contributed by atoms with E-state index in [2.05, 4.69) is 31.3 Å². The van der Waals surface area contributed by atoms with Crippen LogP contribution in [0.5, 0.6) is 0 Å². The van der Waals surface area contributed by atoms with Gasteiger partial charge in [-0.1, -0.05) is 43.3 Å². The van der Waals surface area contributed by atoms with E-state index in [1.165, 1.54) is 5.56 Å². The lowest BCUT2D eigenvalue weighted by Gasteiger charge is -2.17. The number of carbonyl (C=O) groups is 1. The van der Waals surface area contributed by atoms with Crippen LogP contribution in [0.4, 0.5) is 0 Å². The zero-order valence-electron chi connectivity index (χ0n) is 12.3. The van der Waals surface area contributed by atoms with Crippen molar-refractivity contribution in [2.45, 2.75) is 33.2 Å². The topological polar surface area (TPSA) is 29.1 Å². The van der Waals surface area contributed by atoms with Crippen molar-refractivity contribution >= 4 is 5.91 Å². The Hall–Kier alpha value is -2.09. The Bertz CT molecular complexity index is 590. The number of carbonyl (C=O) groups excluding carboxylic acids is 1. The molecule has 1 atom stereocenters. The molecule has 0 saturated heterocycles. The number of rotatable bonds is 4. The largest absolute Gasteiger partial charge is 0.345 e. The first-order chi connectivity index (χ1) is 9.61. The molecule has 0 aliphatic carbocycles. The second-order valence-corrected chi connectivity index (χ2v) is 5.14. The van der Waals surface area contributed by atoms with E-state index in [0.29, 0.717) is 0 Å². The van der Waals surface area contributed by atoms with Gasteiger partial charge >= 0.3 is 0 Å². The second-order valence-electron chi connectivity index (χ2n) is 5.14. The number of nitrogens with one attached hydrogen (secondary N) is 1. The van der Waals surface area contributed by atoms with E-state index in [4.69, 9.17) is 0 Å². The molecule has 2 aromatic rings. The first-order valence-electron chi connectivity index (χ1n) is 7.05. The van der Waals surface area contributed by atoms with Crippen LogP contribution in [0.1, 0.15) is 46.4 Å². The molecule has 2 aromatic carbocycles. The molecular weight excluding hydrogens is 246 g/mol. The molecule has 0 aliphatic heterocycles. The van der Waals surface area contributed by atoms with Crippen molar-refractivity contribution in [1.29, 1.82) is 0 Å². The fourth-order valence-corrected chi connectivity index (χ4v) is 2.23. The number of amides is 1. The molecule has 104 valence electrons. The molecular formula is C18H21NO. The van der Waals surface area contributed by atoms with Gasteiger partial charge in [0.2, 0.25) is 0 Å². The van der Waals surface area contributed by atoms with Gasteiger partial charge in [0.25, 0.3) is 5.91 Å². The molecule has 0 unspecified atom stereocenters. The fraction of sp³-hybridized carbons (Fsp3) is 0.278. The van der Waals surface area contributed by atoms with Crippen LogP contribution in [0, 0.1) is 13.8 Å². The van der Waals surface area contributed by atoms with Crippen molar-refractivity contribution in [2.75, 3.05) is 0 Å². The Kier molecular flexibility index (Phi) is 4.57. The molecule has 0 fully saturated rings. The van der Waals surface area contributed by atoms with Gasteiger partial charge in [0.15, 0.2) is 0 Å². The van der Waals surface area contributed by atoms with Crippen LogP contribution < -0.4 is 5.32 Å². The molecule has 0 saturated carbocycles. The Morgan fingerprint density at radius 3 is 2.35 bits per heavy atom. The van der Waals surface area contributed by atoms with Crippen LogP contribution in [-0.4, -0.2) is 5.91 Å². The Balaban J connectivity index is 2.15. The van der Waals surface area contributed by atoms with Crippen LogP contribution in [0.15, 0.2) is 48.5 Å². The van der Waals surface area contributed by atoms with E-state index in [1.807, 2.05) is 43.3 Å². The third-order valence-electron chi connectivity index (χ3n) is 3.68. The summed E-state index contributed by atoms with van der Waals surface area (Å²) in [5.41, 5.74) is 4.22. The van der Waals surface area contributed by atoms with E-state index in [0.717, 1.165) is 23.1 Å². The third-order valence-corrected chi connectivity index (χ3v) is 3.68. The highest BCUT2D eigenvalue weighted by Gasteiger charge is 2.14. The summed E-state index contributed by atoms with van der Waals surface area (Å²) >= 11 is 0. The maximum Gasteiger partial charge on any atom is 0.251 e. The van der Waals surface area contributed by atoms with Crippen molar-refractivity contribution in [3.63, 3.8) is 0 Å². The van der Waals surface area contributed by atoms with E-state index >= 15 is 0 Å². The summed E-state index contributed by atoms with van der Waals surface area (Å²) < 4.78 is 0. The van der Waals surface area contributed by atoms with Gasteiger partial charge in [-0.2, -0.15) is 0 Å². The zero-order chi connectivity index (χ0) is 14.5. The van der Waals surface area contributed by atoms with Gasteiger partial charge in [0, 0.05) is 5.56 Å². The van der Waals surface area contributed by atoms with E-state index in [-0.39, 0.29) is 11.9 Å². The van der Waals surface area contributed by atoms with Gasteiger partial charge in [0.05, 0.1) is 6.04 Å². The lowest BCUT2D eigenvalue weighted by Crippen LogP contribution is -2.28. The quantitative estimate of drug-likeness (QED) is 0.884. The average molecular weight is 267 g/mol. The lowest BCUT2D eigenvalue weighted by molar-refractivity contribution is 0.0935. The maximum atomic E-state index is 12.3. The Morgan fingerprint density at radius 2 is 1.75 bits per heavy atom. The smallest absolute Gasteiger partial charge is 0.251 e. The average Bonchev–Trinajstić information content (AvgIpc) is 2.48. The summed E-state index contributed by atoms with van der Waals surface area (Å²) in [6.07, 6.45) is 0.876. The number of hydrogen-bond acceptors (Lipinski definition) is 1. The summed E-state index contributed by atoms with van der Waals surface area (Å²) in [5, 5.41) is 3.11. The van der Waals surface area contributed by atoms with Gasteiger partial charge in [-0.05, 0) is 49.1 Å². The van der Waals surface area contributed by atoms with Crippen molar-refractivity contribution < 1.29 is 4.79 Å². The summed E-state index contributed by atoms with van der Waals surface area (Å²) in [6.45, 7) is 6.16. The van der Waals surface area contributed by atoms with E-state index in [1.54, 1.807) is 0 Å². The number of aryl methyl sites for hydroxylation is 2. The summed E-state index contributed by atoms with van der Waals surface area (Å²) in [5.74, 6) is -0.0104. The Morgan fingerprint density at radius 1 is 1.05 bits per heavy atom. The summed E-state index contributed by atoms with van der Waals surface area (Å²) in [7, 11) is 0. The number of hydrogen-bond donors (Lipinski definition) is 1. The minimum absolute atomic E-state index is 0.0104. The van der Waals surface area contributed by atoms with Crippen molar-refractivity contribution in [1.82, 2.24) is 5.32 Å². The molecule has 0 bridgehead atoms. The van der Waals surface area contributed by atoms with Crippen LogP contribution >= 0.6 is 0 Å². The molecule has 2 heteroatoms. The highest BCUT2D eigenvalue weighted by Crippen LogP contribution is 2.17. The monoisotopic (exact) mass is 267 g/mol. The first kappa shape index (κ1) is 14.3. The molecule has 0 aromatic heterocycles. The van der Waals surface area contributed by atoms with Crippen LogP contribution in [-0.2, 0) is 0 Å². The van der Waals surface area contributed by atoms with E-state index in [9.17, 15) is 4.79 Å². The highest BCUT2D eigenvalue weighted by molar-refractivity contribution is 5.94. The van der Waals surface area contributed by atoms with Gasteiger partial charge in [-0.25, -0.2) is 0 Å². The summed E-state index contributed by atoms with van der Waals surface area (Å²) in [6, 6.07) is 16.0. The fourth-order valence-electron chi connectivity index (χ4n) is 2.23. The minimum atomic E-state index is -0.0104. The molecule has 2 nitrogen and oxygen atoms in total. The SMILES string of the molecule is CC[C@@H](NC(=O)c1ccc(C)c(C)c1)c1ccccc1.